The van der Waals surface area contributed by atoms with Crippen LogP contribution in [-0.2, 0) is 22.4 Å². The van der Waals surface area contributed by atoms with Gasteiger partial charge >= 0.3 is 6.09 Å². The largest absolute Gasteiger partial charge is 0.444 e. The number of nitrogens with zero attached hydrogens (tertiary/aromatic N) is 1. The average Bonchev–Trinajstić information content (AvgIpc) is 2.43. The van der Waals surface area contributed by atoms with Gasteiger partial charge in [0, 0.05) is 13.0 Å². The topological polar surface area (TPSA) is 46.6 Å². The molecule has 0 bridgehead atoms. The van der Waals surface area contributed by atoms with Crippen molar-refractivity contribution in [3.63, 3.8) is 0 Å². The van der Waals surface area contributed by atoms with Crippen LogP contribution in [0.3, 0.4) is 0 Å². The van der Waals surface area contributed by atoms with Gasteiger partial charge in [-0.2, -0.15) is 0 Å². The van der Waals surface area contributed by atoms with Crippen LogP contribution >= 0.6 is 0 Å². The van der Waals surface area contributed by atoms with Gasteiger partial charge in [-0.05, 0) is 57.2 Å². The van der Waals surface area contributed by atoms with Crippen LogP contribution in [0.25, 0.3) is 0 Å². The molecule has 4 heteroatoms. The van der Waals surface area contributed by atoms with E-state index in [2.05, 4.69) is 12.1 Å². The lowest BCUT2D eigenvalue weighted by atomic mass is 9.88. The number of hydrogen-bond donors (Lipinski definition) is 0. The summed E-state index contributed by atoms with van der Waals surface area (Å²) in [7, 11) is 0. The molecule has 0 fully saturated rings. The van der Waals surface area contributed by atoms with Crippen LogP contribution in [0, 0.1) is 0 Å². The van der Waals surface area contributed by atoms with E-state index in [1.54, 1.807) is 4.90 Å². The zero-order valence-corrected chi connectivity index (χ0v) is 13.9. The Morgan fingerprint density at radius 3 is 2.77 bits per heavy atom. The summed E-state index contributed by atoms with van der Waals surface area (Å²) in [6.07, 6.45) is 2.82. The first kappa shape index (κ1) is 16.5. The number of aryl methyl sites for hydroxylation is 1. The molecule has 1 unspecified atom stereocenters. The molecular weight excluding hydrogens is 278 g/mol. The van der Waals surface area contributed by atoms with Crippen LogP contribution in [0.4, 0.5) is 4.79 Å². The Hall–Kier alpha value is -1.84. The van der Waals surface area contributed by atoms with Crippen molar-refractivity contribution in [2.24, 2.45) is 0 Å². The quantitative estimate of drug-likeness (QED) is 0.800. The molecule has 0 spiro atoms. The predicted octanol–water partition coefficient (Wildman–Crippen LogP) is 3.67. The third-order valence-electron chi connectivity index (χ3n) is 3.99. The maximum absolute atomic E-state index is 12.3. The summed E-state index contributed by atoms with van der Waals surface area (Å²) in [6, 6.07) is 6.16. The zero-order chi connectivity index (χ0) is 16.3. The first-order valence-electron chi connectivity index (χ1n) is 7.87. The summed E-state index contributed by atoms with van der Waals surface area (Å²) in [4.78, 5) is 24.8. The molecule has 120 valence electrons. The molecule has 1 aromatic carbocycles. The number of benzene rings is 1. The summed E-state index contributed by atoms with van der Waals surface area (Å²) in [5, 5.41) is 0. The van der Waals surface area contributed by atoms with Crippen LogP contribution in [0.5, 0.6) is 0 Å². The average molecular weight is 303 g/mol. The highest BCUT2D eigenvalue weighted by atomic mass is 16.6. The SMILES string of the molecule is CC1c2cccc(CCC=O)c2CCN1C(=O)OC(C)(C)C. The Morgan fingerprint density at radius 1 is 1.41 bits per heavy atom. The molecule has 0 radical (unpaired) electrons. The fraction of sp³-hybridized carbons (Fsp3) is 0.556. The molecule has 0 N–H and O–H groups in total. The molecule has 1 heterocycles. The molecule has 0 aliphatic carbocycles. The number of amides is 1. The molecule has 1 amide bonds. The van der Waals surface area contributed by atoms with Gasteiger partial charge in [-0.25, -0.2) is 4.79 Å². The standard InChI is InChI=1S/C18H25NO3/c1-13-15-9-5-7-14(8-6-12-20)16(15)10-11-19(13)17(21)22-18(2,3)4/h5,7,9,12-13H,6,8,10-11H2,1-4H3. The predicted molar refractivity (Wildman–Crippen MR) is 85.9 cm³/mol. The molecule has 22 heavy (non-hydrogen) atoms. The molecule has 1 atom stereocenters. The van der Waals surface area contributed by atoms with Crippen molar-refractivity contribution in [3.05, 3.63) is 34.9 Å². The normalized spacial score (nSPS) is 17.8. The van der Waals surface area contributed by atoms with Crippen LogP contribution in [0.15, 0.2) is 18.2 Å². The molecule has 0 saturated carbocycles. The fourth-order valence-corrected chi connectivity index (χ4v) is 2.96. The monoisotopic (exact) mass is 303 g/mol. The van der Waals surface area contributed by atoms with Crippen molar-refractivity contribution in [2.45, 2.75) is 58.6 Å². The molecular formula is C18H25NO3. The van der Waals surface area contributed by atoms with Gasteiger partial charge in [-0.3, -0.25) is 0 Å². The maximum atomic E-state index is 12.3. The molecule has 2 rings (SSSR count). The van der Waals surface area contributed by atoms with Gasteiger partial charge in [0.05, 0.1) is 6.04 Å². The minimum atomic E-state index is -0.483. The minimum Gasteiger partial charge on any atom is -0.444 e. The van der Waals surface area contributed by atoms with Gasteiger partial charge in [0.25, 0.3) is 0 Å². The fourth-order valence-electron chi connectivity index (χ4n) is 2.96. The zero-order valence-electron chi connectivity index (χ0n) is 13.9. The van der Waals surface area contributed by atoms with E-state index in [9.17, 15) is 9.59 Å². The second-order valence-corrected chi connectivity index (χ2v) is 6.79. The van der Waals surface area contributed by atoms with Gasteiger partial charge in [-0.1, -0.05) is 18.2 Å². The highest BCUT2D eigenvalue weighted by Crippen LogP contribution is 2.32. The molecule has 1 aliphatic heterocycles. The minimum absolute atomic E-state index is 0.00483. The second-order valence-electron chi connectivity index (χ2n) is 6.79. The van der Waals surface area contributed by atoms with E-state index in [1.807, 2.05) is 33.8 Å². The lowest BCUT2D eigenvalue weighted by Gasteiger charge is -2.37. The van der Waals surface area contributed by atoms with Crippen molar-refractivity contribution in [2.75, 3.05) is 6.54 Å². The maximum Gasteiger partial charge on any atom is 0.410 e. The van der Waals surface area contributed by atoms with Crippen LogP contribution in [-0.4, -0.2) is 29.4 Å². The van der Waals surface area contributed by atoms with E-state index in [0.29, 0.717) is 13.0 Å². The first-order valence-corrected chi connectivity index (χ1v) is 7.87. The Morgan fingerprint density at radius 2 is 2.14 bits per heavy atom. The number of rotatable bonds is 3. The van der Waals surface area contributed by atoms with Gasteiger partial charge in [0.1, 0.15) is 11.9 Å². The summed E-state index contributed by atoms with van der Waals surface area (Å²) in [6.45, 7) is 8.33. The van der Waals surface area contributed by atoms with Gasteiger partial charge in [0.15, 0.2) is 0 Å². The third-order valence-corrected chi connectivity index (χ3v) is 3.99. The van der Waals surface area contributed by atoms with Crippen LogP contribution in [0.1, 0.15) is 56.8 Å². The van der Waals surface area contributed by atoms with Crippen LogP contribution in [0.2, 0.25) is 0 Å². The van der Waals surface area contributed by atoms with E-state index >= 15 is 0 Å². The highest BCUT2D eigenvalue weighted by Gasteiger charge is 2.31. The van der Waals surface area contributed by atoms with Gasteiger partial charge in [0.2, 0.25) is 0 Å². The van der Waals surface area contributed by atoms with Crippen LogP contribution < -0.4 is 0 Å². The van der Waals surface area contributed by atoms with Gasteiger partial charge < -0.3 is 14.4 Å². The van der Waals surface area contributed by atoms with E-state index in [-0.39, 0.29) is 12.1 Å². The molecule has 0 saturated heterocycles. The van der Waals surface area contributed by atoms with Gasteiger partial charge in [-0.15, -0.1) is 0 Å². The number of fused-ring (bicyclic) bond motifs is 1. The smallest absolute Gasteiger partial charge is 0.410 e. The number of ether oxygens (including phenoxy) is 1. The molecule has 1 aromatic rings. The summed E-state index contributed by atoms with van der Waals surface area (Å²) >= 11 is 0. The van der Waals surface area contributed by atoms with E-state index < -0.39 is 5.60 Å². The molecule has 4 nitrogen and oxygen atoms in total. The first-order chi connectivity index (χ1) is 10.3. The Labute approximate surface area is 132 Å². The number of carbonyl (C=O) groups excluding carboxylic acids is 2. The lowest BCUT2D eigenvalue weighted by molar-refractivity contribution is -0.107. The highest BCUT2D eigenvalue weighted by molar-refractivity contribution is 5.69. The van der Waals surface area contributed by atoms with Crippen molar-refractivity contribution in [1.82, 2.24) is 4.90 Å². The van der Waals surface area contributed by atoms with Crippen molar-refractivity contribution < 1.29 is 14.3 Å². The Kier molecular flexibility index (Phi) is 4.89. The number of hydrogen-bond acceptors (Lipinski definition) is 3. The lowest BCUT2D eigenvalue weighted by Crippen LogP contribution is -2.42. The number of aldehydes is 1. The van der Waals surface area contributed by atoms with E-state index in [1.165, 1.54) is 16.7 Å². The van der Waals surface area contributed by atoms with Crippen molar-refractivity contribution in [3.8, 4) is 0 Å². The van der Waals surface area contributed by atoms with Crippen molar-refractivity contribution >= 4 is 12.4 Å². The third kappa shape index (κ3) is 3.67. The van der Waals surface area contributed by atoms with Crippen molar-refractivity contribution in [1.29, 1.82) is 0 Å². The summed E-state index contributed by atoms with van der Waals surface area (Å²) in [5.41, 5.74) is 3.19. The van der Waals surface area contributed by atoms with E-state index in [4.69, 9.17) is 4.74 Å². The summed E-state index contributed by atoms with van der Waals surface area (Å²) < 4.78 is 5.50. The molecule has 0 aromatic heterocycles. The molecule has 1 aliphatic rings. The van der Waals surface area contributed by atoms with E-state index in [0.717, 1.165) is 19.1 Å². The summed E-state index contributed by atoms with van der Waals surface area (Å²) in [5.74, 6) is 0. The Bertz CT molecular complexity index is 560. The number of carbonyl (C=O) groups is 2. The Balaban J connectivity index is 2.21. The second kappa shape index (κ2) is 6.51.